The van der Waals surface area contributed by atoms with Crippen LogP contribution in [0.1, 0.15) is 5.56 Å². The minimum absolute atomic E-state index is 0.340. The standard InChI is InChI=1S/C20H20ClNO6/c1-25-15-6-4-5-14(11-15)22-18(23)12-28-19(24)8-7-13-9-16(21)20(27-3)17(10-13)26-2/h4-11H,12H2,1-3H3,(H,22,23)/b8-7+. The van der Waals surface area contributed by atoms with Gasteiger partial charge in [0.15, 0.2) is 18.1 Å². The largest absolute Gasteiger partial charge is 0.497 e. The highest BCUT2D eigenvalue weighted by Crippen LogP contribution is 2.36. The molecule has 0 unspecified atom stereocenters. The van der Waals surface area contributed by atoms with Crippen LogP contribution >= 0.6 is 11.6 Å². The van der Waals surface area contributed by atoms with Gasteiger partial charge in [0.2, 0.25) is 0 Å². The number of hydrogen-bond acceptors (Lipinski definition) is 6. The number of halogens is 1. The van der Waals surface area contributed by atoms with Gasteiger partial charge in [-0.15, -0.1) is 0 Å². The Balaban J connectivity index is 1.91. The Morgan fingerprint density at radius 2 is 1.86 bits per heavy atom. The molecule has 0 fully saturated rings. The van der Waals surface area contributed by atoms with Gasteiger partial charge in [0.25, 0.3) is 5.91 Å². The second kappa shape index (κ2) is 10.2. The van der Waals surface area contributed by atoms with Crippen molar-refractivity contribution in [3.05, 3.63) is 53.1 Å². The molecule has 2 aromatic rings. The van der Waals surface area contributed by atoms with Gasteiger partial charge in [-0.3, -0.25) is 4.79 Å². The molecular formula is C20H20ClNO6. The van der Waals surface area contributed by atoms with Gasteiger partial charge in [-0.05, 0) is 35.9 Å². The van der Waals surface area contributed by atoms with E-state index in [2.05, 4.69) is 5.32 Å². The zero-order valence-electron chi connectivity index (χ0n) is 15.7. The monoisotopic (exact) mass is 405 g/mol. The zero-order valence-corrected chi connectivity index (χ0v) is 16.4. The number of esters is 1. The highest BCUT2D eigenvalue weighted by molar-refractivity contribution is 6.32. The molecule has 0 atom stereocenters. The molecule has 0 aliphatic rings. The SMILES string of the molecule is COc1cccc(NC(=O)COC(=O)/C=C/c2cc(Cl)c(OC)c(OC)c2)c1. The number of ether oxygens (including phenoxy) is 4. The first-order valence-electron chi connectivity index (χ1n) is 8.17. The lowest BCUT2D eigenvalue weighted by molar-refractivity contribution is -0.142. The minimum atomic E-state index is -0.674. The van der Waals surface area contributed by atoms with Crippen LogP contribution in [0.4, 0.5) is 5.69 Å². The lowest BCUT2D eigenvalue weighted by atomic mass is 10.2. The first-order chi connectivity index (χ1) is 13.5. The minimum Gasteiger partial charge on any atom is -0.497 e. The Morgan fingerprint density at radius 1 is 1.07 bits per heavy atom. The van der Waals surface area contributed by atoms with Crippen LogP contribution in [0.2, 0.25) is 5.02 Å². The molecule has 2 rings (SSSR count). The average Bonchev–Trinajstić information content (AvgIpc) is 2.70. The van der Waals surface area contributed by atoms with Crippen LogP contribution in [0.5, 0.6) is 17.2 Å². The molecule has 0 aliphatic carbocycles. The molecule has 1 N–H and O–H groups in total. The van der Waals surface area contributed by atoms with Crippen LogP contribution < -0.4 is 19.5 Å². The summed E-state index contributed by atoms with van der Waals surface area (Å²) in [6, 6.07) is 10.1. The summed E-state index contributed by atoms with van der Waals surface area (Å²) >= 11 is 6.11. The number of nitrogens with one attached hydrogen (secondary N) is 1. The van der Waals surface area contributed by atoms with Crippen molar-refractivity contribution in [2.24, 2.45) is 0 Å². The van der Waals surface area contributed by atoms with Crippen LogP contribution in [-0.4, -0.2) is 39.8 Å². The molecule has 0 spiro atoms. The second-order valence-electron chi connectivity index (χ2n) is 5.46. The van der Waals surface area contributed by atoms with E-state index < -0.39 is 18.5 Å². The molecule has 1 amide bonds. The fourth-order valence-corrected chi connectivity index (χ4v) is 2.58. The highest BCUT2D eigenvalue weighted by Gasteiger charge is 2.10. The average molecular weight is 406 g/mol. The first-order valence-corrected chi connectivity index (χ1v) is 8.55. The van der Waals surface area contributed by atoms with Crippen molar-refractivity contribution in [1.82, 2.24) is 0 Å². The van der Waals surface area contributed by atoms with Crippen LogP contribution in [0.15, 0.2) is 42.5 Å². The molecule has 28 heavy (non-hydrogen) atoms. The fourth-order valence-electron chi connectivity index (χ4n) is 2.28. The van der Waals surface area contributed by atoms with Crippen molar-refractivity contribution in [3.8, 4) is 17.2 Å². The lowest BCUT2D eigenvalue weighted by Gasteiger charge is -2.10. The van der Waals surface area contributed by atoms with Gasteiger partial charge in [-0.25, -0.2) is 4.79 Å². The number of carbonyl (C=O) groups excluding carboxylic acids is 2. The summed E-state index contributed by atoms with van der Waals surface area (Å²) in [6.07, 6.45) is 2.69. The predicted molar refractivity (Wildman–Crippen MR) is 106 cm³/mol. The quantitative estimate of drug-likeness (QED) is 0.534. The van der Waals surface area contributed by atoms with Crippen molar-refractivity contribution >= 4 is 35.2 Å². The number of benzene rings is 2. The first kappa shape index (κ1) is 21.1. The van der Waals surface area contributed by atoms with E-state index in [9.17, 15) is 9.59 Å². The highest BCUT2D eigenvalue weighted by atomic mass is 35.5. The van der Waals surface area contributed by atoms with Crippen molar-refractivity contribution in [3.63, 3.8) is 0 Å². The van der Waals surface area contributed by atoms with E-state index in [0.29, 0.717) is 33.5 Å². The summed E-state index contributed by atoms with van der Waals surface area (Å²) in [7, 11) is 4.49. The molecule has 148 valence electrons. The number of anilines is 1. The lowest BCUT2D eigenvalue weighted by Crippen LogP contribution is -2.20. The molecule has 2 aromatic carbocycles. The maximum absolute atomic E-state index is 11.9. The molecule has 8 heteroatoms. The summed E-state index contributed by atoms with van der Waals surface area (Å²) < 4.78 is 20.4. The van der Waals surface area contributed by atoms with Crippen molar-refractivity contribution in [2.75, 3.05) is 33.3 Å². The summed E-state index contributed by atoms with van der Waals surface area (Å²) in [5, 5.41) is 2.95. The van der Waals surface area contributed by atoms with E-state index in [1.807, 2.05) is 0 Å². The van der Waals surface area contributed by atoms with Crippen molar-refractivity contribution < 1.29 is 28.5 Å². The molecular weight excluding hydrogens is 386 g/mol. The van der Waals surface area contributed by atoms with Crippen molar-refractivity contribution in [1.29, 1.82) is 0 Å². The Labute approximate surface area is 167 Å². The Hall–Kier alpha value is -3.19. The molecule has 0 radical (unpaired) electrons. The number of carbonyl (C=O) groups is 2. The Morgan fingerprint density at radius 3 is 2.54 bits per heavy atom. The molecule has 0 aliphatic heterocycles. The van der Waals surface area contributed by atoms with E-state index >= 15 is 0 Å². The number of amides is 1. The van der Waals surface area contributed by atoms with Gasteiger partial charge in [-0.1, -0.05) is 17.7 Å². The van der Waals surface area contributed by atoms with Gasteiger partial charge >= 0.3 is 5.97 Å². The second-order valence-corrected chi connectivity index (χ2v) is 5.87. The maximum Gasteiger partial charge on any atom is 0.331 e. The van der Waals surface area contributed by atoms with Crippen LogP contribution in [0.25, 0.3) is 6.08 Å². The van der Waals surface area contributed by atoms with Gasteiger partial charge in [0.1, 0.15) is 5.75 Å². The third-order valence-electron chi connectivity index (χ3n) is 3.57. The van der Waals surface area contributed by atoms with E-state index in [0.717, 1.165) is 0 Å². The number of hydrogen-bond donors (Lipinski definition) is 1. The van der Waals surface area contributed by atoms with E-state index in [-0.39, 0.29) is 0 Å². The molecule has 0 heterocycles. The van der Waals surface area contributed by atoms with Gasteiger partial charge in [0.05, 0.1) is 26.4 Å². The fraction of sp³-hybridized carbons (Fsp3) is 0.200. The van der Waals surface area contributed by atoms with Crippen LogP contribution in [0, 0.1) is 0 Å². The Bertz CT molecular complexity index is 881. The molecule has 0 bridgehead atoms. The summed E-state index contributed by atoms with van der Waals surface area (Å²) in [4.78, 5) is 23.7. The van der Waals surface area contributed by atoms with Gasteiger partial charge in [0, 0.05) is 17.8 Å². The Kier molecular flexibility index (Phi) is 7.71. The van der Waals surface area contributed by atoms with E-state index in [4.69, 9.17) is 30.5 Å². The summed E-state index contributed by atoms with van der Waals surface area (Å²) in [5.41, 5.74) is 1.15. The van der Waals surface area contributed by atoms with Crippen LogP contribution in [0.3, 0.4) is 0 Å². The van der Waals surface area contributed by atoms with E-state index in [1.54, 1.807) is 36.4 Å². The number of rotatable bonds is 8. The predicted octanol–water partition coefficient (Wildman–Crippen LogP) is 3.56. The number of methoxy groups -OCH3 is 3. The smallest absolute Gasteiger partial charge is 0.331 e. The zero-order chi connectivity index (χ0) is 20.5. The molecule has 0 aromatic heterocycles. The molecule has 7 nitrogen and oxygen atoms in total. The van der Waals surface area contributed by atoms with Crippen molar-refractivity contribution in [2.45, 2.75) is 0 Å². The summed E-state index contributed by atoms with van der Waals surface area (Å²) in [6.45, 7) is -0.424. The molecule has 0 saturated heterocycles. The maximum atomic E-state index is 11.9. The normalized spacial score (nSPS) is 10.4. The summed E-state index contributed by atoms with van der Waals surface area (Å²) in [5.74, 6) is 0.293. The van der Waals surface area contributed by atoms with Gasteiger partial charge in [-0.2, -0.15) is 0 Å². The van der Waals surface area contributed by atoms with Gasteiger partial charge < -0.3 is 24.3 Å². The topological polar surface area (TPSA) is 83.1 Å². The third kappa shape index (κ3) is 5.92. The van der Waals surface area contributed by atoms with Crippen LogP contribution in [-0.2, 0) is 14.3 Å². The molecule has 0 saturated carbocycles. The van der Waals surface area contributed by atoms with E-state index in [1.165, 1.54) is 33.5 Å². The third-order valence-corrected chi connectivity index (χ3v) is 3.85.